The molecule has 2 N–H and O–H groups in total. The van der Waals surface area contributed by atoms with Crippen LogP contribution in [0.5, 0.6) is 0 Å². The van der Waals surface area contributed by atoms with Crippen LogP contribution in [0.2, 0.25) is 0 Å². The maximum Gasteiger partial charge on any atom is 0.426 e. The third kappa shape index (κ3) is 5.24. The first-order valence-electron chi connectivity index (χ1n) is 9.46. The summed E-state index contributed by atoms with van der Waals surface area (Å²) < 4.78 is 10.0. The Balaban J connectivity index is 2.06. The molecule has 0 spiro atoms. The molecule has 3 amide bonds. The molecule has 1 heterocycles. The van der Waals surface area contributed by atoms with Crippen LogP contribution in [0.4, 0.5) is 4.79 Å². The van der Waals surface area contributed by atoms with E-state index in [9.17, 15) is 19.2 Å². The van der Waals surface area contributed by atoms with Crippen molar-refractivity contribution in [1.82, 2.24) is 15.8 Å². The van der Waals surface area contributed by atoms with E-state index in [-0.39, 0.29) is 43.3 Å². The van der Waals surface area contributed by atoms with E-state index in [0.29, 0.717) is 0 Å². The minimum atomic E-state index is -0.722. The number of hydrogen-bond acceptors (Lipinski definition) is 6. The number of nitrogens with zero attached hydrogens (tertiary/aromatic N) is 1. The Morgan fingerprint density at radius 2 is 1.93 bits per heavy atom. The zero-order valence-corrected chi connectivity index (χ0v) is 17.0. The Morgan fingerprint density at radius 3 is 2.54 bits per heavy atom. The first-order chi connectivity index (χ1) is 13.0. The predicted octanol–water partition coefficient (Wildman–Crippen LogP) is 1.00. The highest BCUT2D eigenvalue weighted by Gasteiger charge is 2.50. The molecule has 1 aliphatic carbocycles. The number of hydrazine groups is 1. The molecule has 156 valence electrons. The SMILES string of the molecule is CCOC(=O)CNC(=O)[C@H]1[C@H]2C(=O)N(NC(=O)OC(C)(C)C)C[C@@H]2C=C[C@@H]1C. The zero-order chi connectivity index (χ0) is 21.1. The molecule has 0 unspecified atom stereocenters. The van der Waals surface area contributed by atoms with Crippen molar-refractivity contribution in [3.05, 3.63) is 12.2 Å². The zero-order valence-electron chi connectivity index (χ0n) is 17.0. The average molecular weight is 395 g/mol. The van der Waals surface area contributed by atoms with Gasteiger partial charge in [0.25, 0.3) is 0 Å². The van der Waals surface area contributed by atoms with E-state index < -0.39 is 29.5 Å². The molecule has 2 aliphatic rings. The Morgan fingerprint density at radius 1 is 1.25 bits per heavy atom. The van der Waals surface area contributed by atoms with Gasteiger partial charge in [-0.3, -0.25) is 19.4 Å². The number of rotatable bonds is 5. The highest BCUT2D eigenvalue weighted by molar-refractivity contribution is 5.92. The topological polar surface area (TPSA) is 114 Å². The third-order valence-electron chi connectivity index (χ3n) is 4.66. The van der Waals surface area contributed by atoms with Crippen molar-refractivity contribution in [2.24, 2.45) is 23.7 Å². The van der Waals surface area contributed by atoms with Crippen LogP contribution in [0.1, 0.15) is 34.6 Å². The van der Waals surface area contributed by atoms with Crippen LogP contribution in [0, 0.1) is 23.7 Å². The lowest BCUT2D eigenvalue weighted by molar-refractivity contribution is -0.145. The van der Waals surface area contributed by atoms with Gasteiger partial charge in [-0.25, -0.2) is 10.2 Å². The number of hydrogen-bond donors (Lipinski definition) is 2. The van der Waals surface area contributed by atoms with Gasteiger partial charge in [-0.1, -0.05) is 19.1 Å². The van der Waals surface area contributed by atoms with E-state index in [4.69, 9.17) is 9.47 Å². The number of esters is 1. The number of allylic oxidation sites excluding steroid dienone is 1. The van der Waals surface area contributed by atoms with Crippen molar-refractivity contribution in [2.45, 2.75) is 40.2 Å². The summed E-state index contributed by atoms with van der Waals surface area (Å²) in [7, 11) is 0. The van der Waals surface area contributed by atoms with E-state index in [2.05, 4.69) is 10.7 Å². The van der Waals surface area contributed by atoms with Gasteiger partial charge in [0.05, 0.1) is 18.4 Å². The van der Waals surface area contributed by atoms with Gasteiger partial charge in [0.15, 0.2) is 0 Å². The van der Waals surface area contributed by atoms with Crippen LogP contribution in [0.3, 0.4) is 0 Å². The van der Waals surface area contributed by atoms with E-state index in [1.807, 2.05) is 19.1 Å². The quantitative estimate of drug-likeness (QED) is 0.530. The standard InChI is InChI=1S/C19H29N3O6/c1-6-27-13(23)9-20-16(24)14-11(2)7-8-12-10-22(17(25)15(12)14)21-18(26)28-19(3,4)5/h7-8,11-12,14-15H,6,9-10H2,1-5H3,(H,20,24)(H,21,26)/t11-,12-,14+,15-/m0/s1. The molecule has 1 fully saturated rings. The molecule has 1 saturated heterocycles. The molecule has 28 heavy (non-hydrogen) atoms. The monoisotopic (exact) mass is 395 g/mol. The van der Waals surface area contributed by atoms with Gasteiger partial charge in [0, 0.05) is 12.5 Å². The summed E-state index contributed by atoms with van der Waals surface area (Å²) in [6.07, 6.45) is 3.07. The molecule has 0 aromatic heterocycles. The minimum Gasteiger partial charge on any atom is -0.465 e. The number of amides is 3. The highest BCUT2D eigenvalue weighted by Crippen LogP contribution is 2.39. The maximum atomic E-state index is 12.9. The van der Waals surface area contributed by atoms with Crippen LogP contribution in [-0.2, 0) is 23.9 Å². The summed E-state index contributed by atoms with van der Waals surface area (Å²) in [4.78, 5) is 49.1. The highest BCUT2D eigenvalue weighted by atomic mass is 16.6. The Hall–Kier alpha value is -2.58. The molecule has 0 aromatic rings. The lowest BCUT2D eigenvalue weighted by Crippen LogP contribution is -2.48. The second-order valence-corrected chi connectivity index (χ2v) is 8.04. The average Bonchev–Trinajstić information content (AvgIpc) is 2.87. The summed E-state index contributed by atoms with van der Waals surface area (Å²) in [5, 5.41) is 3.76. The maximum absolute atomic E-state index is 12.9. The fraction of sp³-hybridized carbons (Fsp3) is 0.684. The van der Waals surface area contributed by atoms with Crippen molar-refractivity contribution in [2.75, 3.05) is 19.7 Å². The Labute approximate surface area is 164 Å². The molecular formula is C19H29N3O6. The molecule has 9 nitrogen and oxygen atoms in total. The molecule has 0 bridgehead atoms. The lowest BCUT2D eigenvalue weighted by atomic mass is 9.72. The molecular weight excluding hydrogens is 366 g/mol. The second kappa shape index (κ2) is 8.62. The van der Waals surface area contributed by atoms with Gasteiger partial charge < -0.3 is 14.8 Å². The number of ether oxygens (including phenoxy) is 2. The molecule has 4 atom stereocenters. The van der Waals surface area contributed by atoms with E-state index in [1.54, 1.807) is 27.7 Å². The minimum absolute atomic E-state index is 0.186. The van der Waals surface area contributed by atoms with Crippen LogP contribution in [0.15, 0.2) is 12.2 Å². The molecule has 0 saturated carbocycles. The number of fused-ring (bicyclic) bond motifs is 1. The van der Waals surface area contributed by atoms with Crippen LogP contribution in [-0.4, -0.2) is 54.2 Å². The van der Waals surface area contributed by atoms with Crippen LogP contribution < -0.4 is 10.7 Å². The summed E-state index contributed by atoms with van der Waals surface area (Å²) in [5.74, 6) is -2.90. The largest absolute Gasteiger partial charge is 0.465 e. The van der Waals surface area contributed by atoms with Crippen molar-refractivity contribution >= 4 is 23.9 Å². The van der Waals surface area contributed by atoms with Crippen LogP contribution >= 0.6 is 0 Å². The van der Waals surface area contributed by atoms with Gasteiger partial charge in [-0.15, -0.1) is 0 Å². The van der Waals surface area contributed by atoms with Gasteiger partial charge in [0.2, 0.25) is 11.8 Å². The summed E-state index contributed by atoms with van der Waals surface area (Å²) in [5.41, 5.74) is 1.77. The normalized spacial score (nSPS) is 26.5. The fourth-order valence-electron chi connectivity index (χ4n) is 3.55. The summed E-state index contributed by atoms with van der Waals surface area (Å²) in [6, 6.07) is 0. The van der Waals surface area contributed by atoms with E-state index >= 15 is 0 Å². The first-order valence-corrected chi connectivity index (χ1v) is 9.46. The lowest BCUT2D eigenvalue weighted by Gasteiger charge is -2.31. The first kappa shape index (κ1) is 21.7. The van der Waals surface area contributed by atoms with Crippen molar-refractivity contribution in [3.8, 4) is 0 Å². The van der Waals surface area contributed by atoms with Gasteiger partial charge >= 0.3 is 12.1 Å². The van der Waals surface area contributed by atoms with Crippen molar-refractivity contribution < 1.29 is 28.7 Å². The van der Waals surface area contributed by atoms with E-state index in [1.165, 1.54) is 5.01 Å². The Kier molecular flexibility index (Phi) is 6.69. The second-order valence-electron chi connectivity index (χ2n) is 8.04. The number of carbonyl (C=O) groups is 4. The van der Waals surface area contributed by atoms with Gasteiger partial charge in [-0.05, 0) is 33.6 Å². The number of nitrogens with one attached hydrogen (secondary N) is 2. The summed E-state index contributed by atoms with van der Waals surface area (Å²) in [6.45, 7) is 8.95. The van der Waals surface area contributed by atoms with E-state index in [0.717, 1.165) is 0 Å². The predicted molar refractivity (Wildman–Crippen MR) is 99.5 cm³/mol. The van der Waals surface area contributed by atoms with Crippen LogP contribution in [0.25, 0.3) is 0 Å². The van der Waals surface area contributed by atoms with Crippen molar-refractivity contribution in [1.29, 1.82) is 0 Å². The van der Waals surface area contributed by atoms with Gasteiger partial charge in [-0.2, -0.15) is 0 Å². The molecule has 2 rings (SSSR count). The fourth-order valence-corrected chi connectivity index (χ4v) is 3.55. The van der Waals surface area contributed by atoms with Gasteiger partial charge in [0.1, 0.15) is 12.1 Å². The molecule has 0 aromatic carbocycles. The summed E-state index contributed by atoms with van der Waals surface area (Å²) >= 11 is 0. The molecule has 0 radical (unpaired) electrons. The van der Waals surface area contributed by atoms with Crippen molar-refractivity contribution in [3.63, 3.8) is 0 Å². The Bertz CT molecular complexity index is 669. The third-order valence-corrected chi connectivity index (χ3v) is 4.66. The smallest absolute Gasteiger partial charge is 0.426 e. The number of carbonyl (C=O) groups excluding carboxylic acids is 4. The molecule has 9 heteroatoms. The molecule has 1 aliphatic heterocycles.